The third-order valence-corrected chi connectivity index (χ3v) is 3.35. The lowest BCUT2D eigenvalue weighted by atomic mass is 10.1. The van der Waals surface area contributed by atoms with E-state index in [9.17, 15) is 4.79 Å². The predicted molar refractivity (Wildman–Crippen MR) is 65.8 cm³/mol. The number of carbonyl (C=O) groups is 1. The van der Waals surface area contributed by atoms with Crippen molar-refractivity contribution < 1.29 is 14.6 Å². The molecule has 0 saturated heterocycles. The smallest absolute Gasteiger partial charge is 0.303 e. The van der Waals surface area contributed by atoms with Crippen LogP contribution in [0.3, 0.4) is 0 Å². The summed E-state index contributed by atoms with van der Waals surface area (Å²) in [5, 5.41) is 8.73. The molecular weight excluding hydrogens is 218 g/mol. The zero-order valence-corrected chi connectivity index (χ0v) is 10.1. The van der Waals surface area contributed by atoms with Gasteiger partial charge in [0.05, 0.1) is 12.8 Å². The molecule has 1 N–H and O–H groups in total. The molecular formula is C13H17NO3. The van der Waals surface area contributed by atoms with Gasteiger partial charge in [0.2, 0.25) is 0 Å². The number of fused-ring (bicyclic) bond motifs is 1. The van der Waals surface area contributed by atoms with E-state index in [1.54, 1.807) is 7.11 Å². The number of carboxylic acids is 1. The number of methoxy groups -OCH3 is 1. The monoisotopic (exact) mass is 235 g/mol. The molecule has 1 aliphatic rings. The number of benzene rings is 1. The minimum absolute atomic E-state index is 0.214. The van der Waals surface area contributed by atoms with E-state index in [0.29, 0.717) is 6.42 Å². The van der Waals surface area contributed by atoms with E-state index in [2.05, 4.69) is 11.0 Å². The molecule has 1 unspecified atom stereocenters. The topological polar surface area (TPSA) is 49.8 Å². The van der Waals surface area contributed by atoms with Crippen molar-refractivity contribution in [3.63, 3.8) is 0 Å². The molecule has 0 bridgehead atoms. The fourth-order valence-electron chi connectivity index (χ4n) is 2.46. The van der Waals surface area contributed by atoms with E-state index in [4.69, 9.17) is 9.84 Å². The van der Waals surface area contributed by atoms with Crippen molar-refractivity contribution in [2.24, 2.45) is 0 Å². The predicted octanol–water partition coefficient (Wildman–Crippen LogP) is 1.92. The Morgan fingerprint density at radius 3 is 3.00 bits per heavy atom. The van der Waals surface area contributed by atoms with E-state index in [0.717, 1.165) is 17.9 Å². The third-order valence-electron chi connectivity index (χ3n) is 3.35. The number of hydrogen-bond donors (Lipinski definition) is 1. The van der Waals surface area contributed by atoms with Crippen LogP contribution in [0.15, 0.2) is 18.2 Å². The van der Waals surface area contributed by atoms with Crippen molar-refractivity contribution in [3.05, 3.63) is 23.8 Å². The summed E-state index contributed by atoms with van der Waals surface area (Å²) in [6, 6.07) is 6.26. The van der Waals surface area contributed by atoms with Crippen LogP contribution >= 0.6 is 0 Å². The van der Waals surface area contributed by atoms with Crippen LogP contribution in [0.5, 0.6) is 5.75 Å². The van der Waals surface area contributed by atoms with Gasteiger partial charge in [-0.05, 0) is 24.5 Å². The van der Waals surface area contributed by atoms with Crippen LogP contribution in [0.2, 0.25) is 0 Å². The molecule has 1 heterocycles. The number of ether oxygens (including phenoxy) is 1. The van der Waals surface area contributed by atoms with Crippen LogP contribution < -0.4 is 9.64 Å². The van der Waals surface area contributed by atoms with Gasteiger partial charge in [0.1, 0.15) is 5.75 Å². The van der Waals surface area contributed by atoms with Crippen molar-refractivity contribution >= 4 is 11.7 Å². The number of anilines is 1. The average Bonchev–Trinajstić information content (AvgIpc) is 2.64. The van der Waals surface area contributed by atoms with Crippen molar-refractivity contribution in [2.75, 3.05) is 19.1 Å². The van der Waals surface area contributed by atoms with Gasteiger partial charge in [0, 0.05) is 19.5 Å². The summed E-state index contributed by atoms with van der Waals surface area (Å²) in [5.74, 6) is 0.129. The van der Waals surface area contributed by atoms with Gasteiger partial charge in [-0.15, -0.1) is 0 Å². The molecule has 0 aromatic heterocycles. The standard InChI is InChI=1S/C13H17NO3/c1-14-10(6-7-12(15)16)8-9-4-3-5-11(17-2)13(9)14/h3-5,10H,6-8H2,1-2H3,(H,15,16). The summed E-state index contributed by atoms with van der Waals surface area (Å²) in [5.41, 5.74) is 2.34. The molecule has 1 aromatic rings. The SMILES string of the molecule is COc1cccc2c1N(C)C(CCC(=O)O)C2. The highest BCUT2D eigenvalue weighted by Crippen LogP contribution is 2.39. The third kappa shape index (κ3) is 2.20. The summed E-state index contributed by atoms with van der Waals surface area (Å²) in [6.07, 6.45) is 1.78. The van der Waals surface area contributed by atoms with Crippen LogP contribution in [0, 0.1) is 0 Å². The first-order valence-electron chi connectivity index (χ1n) is 5.74. The molecule has 1 aromatic carbocycles. The first kappa shape index (κ1) is 11.8. The molecule has 17 heavy (non-hydrogen) atoms. The van der Waals surface area contributed by atoms with Gasteiger partial charge >= 0.3 is 5.97 Å². The molecule has 1 atom stereocenters. The van der Waals surface area contributed by atoms with Crippen LogP contribution in [0.25, 0.3) is 0 Å². The maximum atomic E-state index is 10.6. The lowest BCUT2D eigenvalue weighted by Crippen LogP contribution is -2.28. The number of likely N-dealkylation sites (N-methyl/N-ethyl adjacent to an activating group) is 1. The summed E-state index contributed by atoms with van der Waals surface area (Å²) >= 11 is 0. The van der Waals surface area contributed by atoms with E-state index < -0.39 is 5.97 Å². The fourth-order valence-corrected chi connectivity index (χ4v) is 2.46. The highest BCUT2D eigenvalue weighted by atomic mass is 16.5. The minimum atomic E-state index is -0.735. The number of aliphatic carboxylic acids is 1. The summed E-state index contributed by atoms with van der Waals surface area (Å²) in [4.78, 5) is 12.8. The zero-order valence-electron chi connectivity index (χ0n) is 10.1. The molecule has 0 amide bonds. The van der Waals surface area contributed by atoms with Crippen molar-refractivity contribution in [1.82, 2.24) is 0 Å². The summed E-state index contributed by atoms with van der Waals surface area (Å²) in [6.45, 7) is 0. The maximum Gasteiger partial charge on any atom is 0.303 e. The second kappa shape index (κ2) is 4.65. The lowest BCUT2D eigenvalue weighted by molar-refractivity contribution is -0.137. The second-order valence-corrected chi connectivity index (χ2v) is 4.37. The number of nitrogens with zero attached hydrogens (tertiary/aromatic N) is 1. The Hall–Kier alpha value is -1.71. The van der Waals surface area contributed by atoms with Crippen molar-refractivity contribution in [3.8, 4) is 5.75 Å². The molecule has 4 nitrogen and oxygen atoms in total. The quantitative estimate of drug-likeness (QED) is 0.866. The van der Waals surface area contributed by atoms with Gasteiger partial charge in [0.15, 0.2) is 0 Å². The van der Waals surface area contributed by atoms with E-state index in [1.165, 1.54) is 5.56 Å². The van der Waals surface area contributed by atoms with Gasteiger partial charge in [-0.2, -0.15) is 0 Å². The van der Waals surface area contributed by atoms with E-state index >= 15 is 0 Å². The highest BCUT2D eigenvalue weighted by Gasteiger charge is 2.29. The minimum Gasteiger partial charge on any atom is -0.495 e. The molecule has 0 fully saturated rings. The zero-order chi connectivity index (χ0) is 12.4. The second-order valence-electron chi connectivity index (χ2n) is 4.37. The average molecular weight is 235 g/mol. The number of carboxylic acid groups (broad SMARTS) is 1. The Morgan fingerprint density at radius 2 is 2.35 bits per heavy atom. The van der Waals surface area contributed by atoms with E-state index in [1.807, 2.05) is 19.2 Å². The molecule has 0 spiro atoms. The maximum absolute atomic E-state index is 10.6. The van der Waals surface area contributed by atoms with Gasteiger partial charge in [-0.25, -0.2) is 0 Å². The largest absolute Gasteiger partial charge is 0.495 e. The Balaban J connectivity index is 2.17. The molecule has 0 aliphatic carbocycles. The normalized spacial score (nSPS) is 18.0. The Labute approximate surface area is 101 Å². The number of para-hydroxylation sites is 1. The van der Waals surface area contributed by atoms with E-state index in [-0.39, 0.29) is 12.5 Å². The fraction of sp³-hybridized carbons (Fsp3) is 0.462. The summed E-state index contributed by atoms with van der Waals surface area (Å²) < 4.78 is 5.34. The van der Waals surface area contributed by atoms with Gasteiger partial charge < -0.3 is 14.7 Å². The Kier molecular flexibility index (Phi) is 3.22. The molecule has 0 saturated carbocycles. The molecule has 0 radical (unpaired) electrons. The number of rotatable bonds is 4. The number of hydrogen-bond acceptors (Lipinski definition) is 3. The molecule has 92 valence electrons. The molecule has 1 aliphatic heterocycles. The Bertz CT molecular complexity index is 431. The van der Waals surface area contributed by atoms with Crippen LogP contribution in [-0.2, 0) is 11.2 Å². The van der Waals surface area contributed by atoms with Gasteiger partial charge in [-0.1, -0.05) is 12.1 Å². The van der Waals surface area contributed by atoms with Crippen molar-refractivity contribution in [1.29, 1.82) is 0 Å². The van der Waals surface area contributed by atoms with Crippen LogP contribution in [0.4, 0.5) is 5.69 Å². The highest BCUT2D eigenvalue weighted by molar-refractivity contribution is 5.69. The first-order valence-corrected chi connectivity index (χ1v) is 5.74. The first-order chi connectivity index (χ1) is 8.13. The summed E-state index contributed by atoms with van der Waals surface area (Å²) in [7, 11) is 3.66. The Morgan fingerprint density at radius 1 is 1.59 bits per heavy atom. The molecule has 4 heteroatoms. The van der Waals surface area contributed by atoms with Gasteiger partial charge in [0.25, 0.3) is 0 Å². The lowest BCUT2D eigenvalue weighted by Gasteiger charge is -2.23. The molecule has 2 rings (SSSR count). The van der Waals surface area contributed by atoms with Gasteiger partial charge in [-0.3, -0.25) is 4.79 Å². The van der Waals surface area contributed by atoms with Crippen molar-refractivity contribution in [2.45, 2.75) is 25.3 Å². The van der Waals surface area contributed by atoms with Crippen LogP contribution in [0.1, 0.15) is 18.4 Å². The van der Waals surface area contributed by atoms with Crippen LogP contribution in [-0.4, -0.2) is 31.3 Å².